The fourth-order valence-corrected chi connectivity index (χ4v) is 2.55. The van der Waals surface area contributed by atoms with Gasteiger partial charge < -0.3 is 9.32 Å². The molecule has 0 spiro atoms. The Labute approximate surface area is 119 Å². The summed E-state index contributed by atoms with van der Waals surface area (Å²) in [5.41, 5.74) is 3.32. The number of furan rings is 1. The molecule has 0 aliphatic rings. The Morgan fingerprint density at radius 3 is 2.25 bits per heavy atom. The predicted octanol–water partition coefficient (Wildman–Crippen LogP) is 4.95. The van der Waals surface area contributed by atoms with Crippen LogP contribution in [0.25, 0.3) is 22.3 Å². The molecule has 102 valence electrons. The number of benzene rings is 2. The van der Waals surface area contributed by atoms with Crippen molar-refractivity contribution in [2.75, 3.05) is 18.0 Å². The second kappa shape index (κ2) is 5.41. The van der Waals surface area contributed by atoms with Crippen LogP contribution in [0.3, 0.4) is 0 Å². The van der Waals surface area contributed by atoms with E-state index < -0.39 is 0 Å². The number of para-hydroxylation sites is 1. The molecular formula is C18H19NO. The Morgan fingerprint density at radius 1 is 0.900 bits per heavy atom. The molecule has 3 aromatic rings. The van der Waals surface area contributed by atoms with Crippen LogP contribution in [0.15, 0.2) is 59.0 Å². The van der Waals surface area contributed by atoms with Crippen LogP contribution in [0.1, 0.15) is 13.8 Å². The van der Waals surface area contributed by atoms with E-state index in [2.05, 4.69) is 55.1 Å². The van der Waals surface area contributed by atoms with Crippen molar-refractivity contribution in [1.82, 2.24) is 0 Å². The van der Waals surface area contributed by atoms with Crippen LogP contribution in [-0.4, -0.2) is 13.1 Å². The highest BCUT2D eigenvalue weighted by Crippen LogP contribution is 2.29. The van der Waals surface area contributed by atoms with Crippen LogP contribution in [0.5, 0.6) is 0 Å². The summed E-state index contributed by atoms with van der Waals surface area (Å²) in [5.74, 6) is 0.928. The third-order valence-electron chi connectivity index (χ3n) is 3.71. The number of nitrogens with zero attached hydrogens (tertiary/aromatic N) is 1. The summed E-state index contributed by atoms with van der Waals surface area (Å²) >= 11 is 0. The molecule has 2 nitrogen and oxygen atoms in total. The van der Waals surface area contributed by atoms with Gasteiger partial charge in [-0.05, 0) is 50.2 Å². The van der Waals surface area contributed by atoms with E-state index in [1.54, 1.807) is 0 Å². The van der Waals surface area contributed by atoms with Crippen molar-refractivity contribution in [3.8, 4) is 11.3 Å². The van der Waals surface area contributed by atoms with Gasteiger partial charge in [-0.1, -0.05) is 18.2 Å². The highest BCUT2D eigenvalue weighted by atomic mass is 16.3. The van der Waals surface area contributed by atoms with Crippen LogP contribution in [0.2, 0.25) is 0 Å². The van der Waals surface area contributed by atoms with Crippen LogP contribution < -0.4 is 4.90 Å². The SMILES string of the molecule is CCN(CC)c1ccc(-c2cc3ccccc3o2)cc1. The van der Waals surface area contributed by atoms with Crippen LogP contribution in [0, 0.1) is 0 Å². The Kier molecular flexibility index (Phi) is 3.46. The maximum absolute atomic E-state index is 5.89. The number of fused-ring (bicyclic) bond motifs is 1. The van der Waals surface area contributed by atoms with Gasteiger partial charge >= 0.3 is 0 Å². The van der Waals surface area contributed by atoms with E-state index in [0.717, 1.165) is 35.4 Å². The average Bonchev–Trinajstić information content (AvgIpc) is 2.93. The molecule has 0 amide bonds. The van der Waals surface area contributed by atoms with Crippen LogP contribution in [-0.2, 0) is 0 Å². The lowest BCUT2D eigenvalue weighted by molar-refractivity contribution is 0.631. The Bertz CT molecular complexity index is 660. The molecule has 0 radical (unpaired) electrons. The molecule has 0 bridgehead atoms. The van der Waals surface area contributed by atoms with Gasteiger partial charge in [0.15, 0.2) is 0 Å². The molecule has 0 saturated carbocycles. The van der Waals surface area contributed by atoms with E-state index in [9.17, 15) is 0 Å². The quantitative estimate of drug-likeness (QED) is 0.664. The van der Waals surface area contributed by atoms with E-state index in [0.29, 0.717) is 0 Å². The van der Waals surface area contributed by atoms with Crippen molar-refractivity contribution in [3.63, 3.8) is 0 Å². The number of hydrogen-bond donors (Lipinski definition) is 0. The molecular weight excluding hydrogens is 246 g/mol. The summed E-state index contributed by atoms with van der Waals surface area (Å²) in [6.45, 7) is 6.41. The van der Waals surface area contributed by atoms with E-state index in [1.165, 1.54) is 5.69 Å². The van der Waals surface area contributed by atoms with Gasteiger partial charge in [0.25, 0.3) is 0 Å². The lowest BCUT2D eigenvalue weighted by Crippen LogP contribution is -2.21. The summed E-state index contributed by atoms with van der Waals surface area (Å²) < 4.78 is 5.89. The zero-order chi connectivity index (χ0) is 13.9. The smallest absolute Gasteiger partial charge is 0.135 e. The first-order chi connectivity index (χ1) is 9.81. The highest BCUT2D eigenvalue weighted by molar-refractivity contribution is 5.82. The first-order valence-electron chi connectivity index (χ1n) is 7.15. The first kappa shape index (κ1) is 12.8. The van der Waals surface area contributed by atoms with Crippen molar-refractivity contribution in [1.29, 1.82) is 0 Å². The van der Waals surface area contributed by atoms with Gasteiger partial charge in [-0.15, -0.1) is 0 Å². The zero-order valence-electron chi connectivity index (χ0n) is 12.0. The molecule has 1 heterocycles. The highest BCUT2D eigenvalue weighted by Gasteiger charge is 2.07. The van der Waals surface area contributed by atoms with E-state index in [4.69, 9.17) is 4.42 Å². The number of anilines is 1. The summed E-state index contributed by atoms with van der Waals surface area (Å²) in [6, 6.07) is 18.8. The summed E-state index contributed by atoms with van der Waals surface area (Å²) in [5, 5.41) is 1.15. The van der Waals surface area contributed by atoms with Crippen molar-refractivity contribution >= 4 is 16.7 Å². The molecule has 3 rings (SSSR count). The molecule has 0 atom stereocenters. The Balaban J connectivity index is 1.94. The van der Waals surface area contributed by atoms with Crippen LogP contribution >= 0.6 is 0 Å². The van der Waals surface area contributed by atoms with Crippen molar-refractivity contribution in [2.45, 2.75) is 13.8 Å². The molecule has 0 saturated heterocycles. The Morgan fingerprint density at radius 2 is 1.60 bits per heavy atom. The van der Waals surface area contributed by atoms with Crippen LogP contribution in [0.4, 0.5) is 5.69 Å². The molecule has 0 aliphatic heterocycles. The molecule has 1 aromatic heterocycles. The topological polar surface area (TPSA) is 16.4 Å². The maximum atomic E-state index is 5.89. The normalized spacial score (nSPS) is 10.9. The van der Waals surface area contributed by atoms with Crippen molar-refractivity contribution in [3.05, 3.63) is 54.6 Å². The van der Waals surface area contributed by atoms with Gasteiger partial charge in [0.05, 0.1) is 0 Å². The first-order valence-corrected chi connectivity index (χ1v) is 7.15. The van der Waals surface area contributed by atoms with Gasteiger partial charge in [-0.3, -0.25) is 0 Å². The monoisotopic (exact) mass is 265 g/mol. The largest absolute Gasteiger partial charge is 0.456 e. The minimum absolute atomic E-state index is 0.928. The second-order valence-corrected chi connectivity index (χ2v) is 4.87. The summed E-state index contributed by atoms with van der Waals surface area (Å²) in [4.78, 5) is 2.34. The molecule has 2 heteroatoms. The molecule has 0 aliphatic carbocycles. The fraction of sp³-hybridized carbons (Fsp3) is 0.222. The van der Waals surface area contributed by atoms with Gasteiger partial charge in [0.2, 0.25) is 0 Å². The van der Waals surface area contributed by atoms with Crippen molar-refractivity contribution in [2.24, 2.45) is 0 Å². The molecule has 2 aromatic carbocycles. The van der Waals surface area contributed by atoms with E-state index >= 15 is 0 Å². The average molecular weight is 265 g/mol. The zero-order valence-corrected chi connectivity index (χ0v) is 12.0. The van der Waals surface area contributed by atoms with E-state index in [1.807, 2.05) is 18.2 Å². The molecule has 0 N–H and O–H groups in total. The van der Waals surface area contributed by atoms with Gasteiger partial charge in [0, 0.05) is 29.7 Å². The lowest BCUT2D eigenvalue weighted by Gasteiger charge is -2.20. The molecule has 20 heavy (non-hydrogen) atoms. The van der Waals surface area contributed by atoms with Gasteiger partial charge in [0.1, 0.15) is 11.3 Å². The summed E-state index contributed by atoms with van der Waals surface area (Å²) in [6.07, 6.45) is 0. The second-order valence-electron chi connectivity index (χ2n) is 4.87. The number of hydrogen-bond acceptors (Lipinski definition) is 2. The summed E-state index contributed by atoms with van der Waals surface area (Å²) in [7, 11) is 0. The molecule has 0 fully saturated rings. The van der Waals surface area contributed by atoms with Crippen molar-refractivity contribution < 1.29 is 4.42 Å². The third-order valence-corrected chi connectivity index (χ3v) is 3.71. The van der Waals surface area contributed by atoms with Gasteiger partial charge in [-0.25, -0.2) is 0 Å². The standard InChI is InChI=1S/C18H19NO/c1-3-19(4-2)16-11-9-14(10-12-16)18-13-15-7-5-6-8-17(15)20-18/h5-13H,3-4H2,1-2H3. The fourth-order valence-electron chi connectivity index (χ4n) is 2.55. The lowest BCUT2D eigenvalue weighted by atomic mass is 10.1. The minimum Gasteiger partial charge on any atom is -0.456 e. The third kappa shape index (κ3) is 2.29. The predicted molar refractivity (Wildman–Crippen MR) is 85.2 cm³/mol. The van der Waals surface area contributed by atoms with Gasteiger partial charge in [-0.2, -0.15) is 0 Å². The van der Waals surface area contributed by atoms with E-state index in [-0.39, 0.29) is 0 Å². The Hall–Kier alpha value is -2.22. The maximum Gasteiger partial charge on any atom is 0.135 e. The molecule has 0 unspecified atom stereocenters. The number of rotatable bonds is 4. The minimum atomic E-state index is 0.928.